The van der Waals surface area contributed by atoms with E-state index in [4.69, 9.17) is 16.3 Å². The second kappa shape index (κ2) is 7.84. The number of ether oxygens (including phenoxy) is 1. The van der Waals surface area contributed by atoms with E-state index in [0.29, 0.717) is 19.1 Å². The van der Waals surface area contributed by atoms with Gasteiger partial charge in [0.15, 0.2) is 0 Å². The molecule has 0 saturated heterocycles. The number of hydrogen-bond acceptors (Lipinski definition) is 5. The summed E-state index contributed by atoms with van der Waals surface area (Å²) in [6.45, 7) is 4.11. The van der Waals surface area contributed by atoms with Gasteiger partial charge in [0.2, 0.25) is 5.13 Å². The lowest BCUT2D eigenvalue weighted by Crippen LogP contribution is -2.10. The standard InChI is InChI=1S/C9H16ClN3OS/c1-2-3-8-12-9(15-13-8)11-5-7-14-6-4-10/h2-7H2,1H3,(H,11,12,13). The Balaban J connectivity index is 2.14. The molecular formula is C9H16ClN3OS. The monoisotopic (exact) mass is 249 g/mol. The summed E-state index contributed by atoms with van der Waals surface area (Å²) in [5, 5.41) is 4.03. The summed E-state index contributed by atoms with van der Waals surface area (Å²) in [4.78, 5) is 4.33. The molecule has 0 aliphatic rings. The van der Waals surface area contributed by atoms with E-state index in [2.05, 4.69) is 21.6 Å². The molecule has 1 rings (SSSR count). The summed E-state index contributed by atoms with van der Waals surface area (Å²) in [5.74, 6) is 1.46. The van der Waals surface area contributed by atoms with Crippen LogP contribution in [0.25, 0.3) is 0 Å². The Bertz CT molecular complexity index is 270. The van der Waals surface area contributed by atoms with Crippen LogP contribution in [0.5, 0.6) is 0 Å². The van der Waals surface area contributed by atoms with E-state index in [1.54, 1.807) is 0 Å². The minimum atomic E-state index is 0.541. The van der Waals surface area contributed by atoms with E-state index < -0.39 is 0 Å². The molecule has 0 unspecified atom stereocenters. The van der Waals surface area contributed by atoms with Crippen molar-refractivity contribution in [2.75, 3.05) is 31.0 Å². The number of aromatic nitrogens is 2. The molecule has 15 heavy (non-hydrogen) atoms. The van der Waals surface area contributed by atoms with Crippen molar-refractivity contribution in [3.63, 3.8) is 0 Å². The molecule has 0 bridgehead atoms. The first-order chi connectivity index (χ1) is 7.36. The second-order valence-electron chi connectivity index (χ2n) is 2.99. The number of hydrogen-bond donors (Lipinski definition) is 1. The zero-order valence-electron chi connectivity index (χ0n) is 8.83. The van der Waals surface area contributed by atoms with Gasteiger partial charge in [0.25, 0.3) is 0 Å². The lowest BCUT2D eigenvalue weighted by molar-refractivity contribution is 0.160. The predicted octanol–water partition coefficient (Wildman–Crippen LogP) is 2.16. The van der Waals surface area contributed by atoms with E-state index in [0.717, 1.165) is 30.3 Å². The fourth-order valence-electron chi connectivity index (χ4n) is 1.04. The average molecular weight is 250 g/mol. The maximum atomic E-state index is 5.47. The summed E-state index contributed by atoms with van der Waals surface area (Å²) >= 11 is 6.87. The Morgan fingerprint density at radius 2 is 2.33 bits per heavy atom. The molecule has 0 aromatic carbocycles. The first-order valence-electron chi connectivity index (χ1n) is 5.07. The number of alkyl halides is 1. The lowest BCUT2D eigenvalue weighted by atomic mass is 10.3. The van der Waals surface area contributed by atoms with Gasteiger partial charge in [-0.3, -0.25) is 0 Å². The van der Waals surface area contributed by atoms with Crippen LogP contribution in [-0.2, 0) is 11.2 Å². The number of halogens is 1. The molecule has 6 heteroatoms. The smallest absolute Gasteiger partial charge is 0.202 e. The van der Waals surface area contributed by atoms with E-state index in [1.165, 1.54) is 11.5 Å². The SMILES string of the molecule is CCCc1nsc(NCCOCCCl)n1. The van der Waals surface area contributed by atoms with Crippen molar-refractivity contribution in [3.8, 4) is 0 Å². The van der Waals surface area contributed by atoms with Crippen LogP contribution in [0, 0.1) is 0 Å². The van der Waals surface area contributed by atoms with E-state index in [1.807, 2.05) is 0 Å². The highest BCUT2D eigenvalue weighted by Crippen LogP contribution is 2.11. The molecule has 1 aromatic heterocycles. The average Bonchev–Trinajstić information content (AvgIpc) is 2.66. The number of anilines is 1. The number of nitrogens with one attached hydrogen (secondary N) is 1. The third-order valence-corrected chi connectivity index (χ3v) is 2.55. The fourth-order valence-corrected chi connectivity index (χ4v) is 1.78. The van der Waals surface area contributed by atoms with Crippen LogP contribution in [0.3, 0.4) is 0 Å². The van der Waals surface area contributed by atoms with Crippen molar-refractivity contribution in [2.45, 2.75) is 19.8 Å². The van der Waals surface area contributed by atoms with Crippen LogP contribution < -0.4 is 5.32 Å². The molecule has 1 aromatic rings. The Morgan fingerprint density at radius 1 is 1.47 bits per heavy atom. The summed E-state index contributed by atoms with van der Waals surface area (Å²) < 4.78 is 9.45. The number of aryl methyl sites for hydroxylation is 1. The van der Waals surface area contributed by atoms with Crippen molar-refractivity contribution in [3.05, 3.63) is 5.82 Å². The molecule has 0 atom stereocenters. The van der Waals surface area contributed by atoms with E-state index >= 15 is 0 Å². The maximum Gasteiger partial charge on any atom is 0.202 e. The first kappa shape index (κ1) is 12.7. The van der Waals surface area contributed by atoms with Gasteiger partial charge in [-0.05, 0) is 6.42 Å². The molecule has 0 spiro atoms. The Hall–Kier alpha value is -0.390. The molecule has 1 N–H and O–H groups in total. The van der Waals surface area contributed by atoms with Crippen LogP contribution in [0.15, 0.2) is 0 Å². The van der Waals surface area contributed by atoms with Gasteiger partial charge in [-0.1, -0.05) is 6.92 Å². The minimum absolute atomic E-state index is 0.541. The Kier molecular flexibility index (Phi) is 6.63. The molecule has 0 aliphatic heterocycles. The highest BCUT2D eigenvalue weighted by atomic mass is 35.5. The predicted molar refractivity (Wildman–Crippen MR) is 63.9 cm³/mol. The highest BCUT2D eigenvalue weighted by Gasteiger charge is 2.01. The van der Waals surface area contributed by atoms with E-state index in [9.17, 15) is 0 Å². The summed E-state index contributed by atoms with van der Waals surface area (Å²) in [7, 11) is 0. The van der Waals surface area contributed by atoms with Gasteiger partial charge < -0.3 is 10.1 Å². The number of nitrogens with zero attached hydrogens (tertiary/aromatic N) is 2. The van der Waals surface area contributed by atoms with Crippen LogP contribution >= 0.6 is 23.1 Å². The lowest BCUT2D eigenvalue weighted by Gasteiger charge is -2.01. The largest absolute Gasteiger partial charge is 0.378 e. The van der Waals surface area contributed by atoms with Crippen LogP contribution in [0.4, 0.5) is 5.13 Å². The van der Waals surface area contributed by atoms with Crippen LogP contribution in [0.1, 0.15) is 19.2 Å². The van der Waals surface area contributed by atoms with Crippen molar-refractivity contribution in [1.82, 2.24) is 9.36 Å². The number of rotatable bonds is 8. The van der Waals surface area contributed by atoms with Crippen molar-refractivity contribution in [1.29, 1.82) is 0 Å². The molecule has 1 heterocycles. The third-order valence-electron chi connectivity index (χ3n) is 1.69. The second-order valence-corrected chi connectivity index (χ2v) is 4.12. The fraction of sp³-hybridized carbons (Fsp3) is 0.778. The van der Waals surface area contributed by atoms with Crippen LogP contribution in [0.2, 0.25) is 0 Å². The van der Waals surface area contributed by atoms with Gasteiger partial charge in [-0.15, -0.1) is 11.6 Å². The normalized spacial score (nSPS) is 10.5. The third kappa shape index (κ3) is 5.30. The molecule has 0 radical (unpaired) electrons. The maximum absolute atomic E-state index is 5.47. The van der Waals surface area contributed by atoms with Gasteiger partial charge in [-0.25, -0.2) is 4.98 Å². The minimum Gasteiger partial charge on any atom is -0.378 e. The Labute approximate surface area is 99.2 Å². The molecule has 0 aliphatic carbocycles. The summed E-state index contributed by atoms with van der Waals surface area (Å²) in [5.41, 5.74) is 0. The van der Waals surface area contributed by atoms with Gasteiger partial charge in [0.05, 0.1) is 13.2 Å². The van der Waals surface area contributed by atoms with Crippen LogP contribution in [-0.4, -0.2) is 35.0 Å². The van der Waals surface area contributed by atoms with Crippen molar-refractivity contribution < 1.29 is 4.74 Å². The summed E-state index contributed by atoms with van der Waals surface area (Å²) in [6.07, 6.45) is 2.02. The van der Waals surface area contributed by atoms with Gasteiger partial charge >= 0.3 is 0 Å². The van der Waals surface area contributed by atoms with Crippen molar-refractivity contribution in [2.24, 2.45) is 0 Å². The molecular weight excluding hydrogens is 234 g/mol. The van der Waals surface area contributed by atoms with E-state index in [-0.39, 0.29) is 0 Å². The topological polar surface area (TPSA) is 47.0 Å². The highest BCUT2D eigenvalue weighted by molar-refractivity contribution is 7.09. The Morgan fingerprint density at radius 3 is 3.07 bits per heavy atom. The molecule has 4 nitrogen and oxygen atoms in total. The quantitative estimate of drug-likeness (QED) is 0.567. The van der Waals surface area contributed by atoms with Gasteiger partial charge in [0, 0.05) is 30.4 Å². The zero-order chi connectivity index (χ0) is 10.9. The molecule has 0 amide bonds. The molecule has 0 fully saturated rings. The van der Waals surface area contributed by atoms with Crippen molar-refractivity contribution >= 4 is 28.3 Å². The van der Waals surface area contributed by atoms with Gasteiger partial charge in [-0.2, -0.15) is 4.37 Å². The first-order valence-corrected chi connectivity index (χ1v) is 6.37. The zero-order valence-corrected chi connectivity index (χ0v) is 10.4. The molecule has 0 saturated carbocycles. The summed E-state index contributed by atoms with van der Waals surface area (Å²) in [6, 6.07) is 0. The molecule has 86 valence electrons. The van der Waals surface area contributed by atoms with Gasteiger partial charge in [0.1, 0.15) is 5.82 Å².